The topological polar surface area (TPSA) is 20.3 Å². The number of piperidine rings is 1. The normalized spacial score (nSPS) is 17.4. The third-order valence-electron chi connectivity index (χ3n) is 3.64. The van der Waals surface area contributed by atoms with Gasteiger partial charge in [-0.3, -0.25) is 4.79 Å². The predicted octanol–water partition coefficient (Wildman–Crippen LogP) is 3.79. The number of hydrogen-bond donors (Lipinski definition) is 0. The molecule has 1 aliphatic rings. The van der Waals surface area contributed by atoms with Gasteiger partial charge in [-0.15, -0.1) is 0 Å². The number of carbonyl (C=O) groups is 1. The van der Waals surface area contributed by atoms with Crippen LogP contribution in [0.1, 0.15) is 49.4 Å². The van der Waals surface area contributed by atoms with E-state index in [0.717, 1.165) is 24.6 Å². The van der Waals surface area contributed by atoms with Gasteiger partial charge in [0.1, 0.15) is 0 Å². The lowest BCUT2D eigenvalue weighted by Gasteiger charge is -2.31. The molecule has 1 amide bonds. The van der Waals surface area contributed by atoms with Crippen LogP contribution in [0.5, 0.6) is 0 Å². The van der Waals surface area contributed by atoms with Crippen molar-refractivity contribution in [3.63, 3.8) is 0 Å². The number of rotatable bonds is 4. The Balaban J connectivity index is 1.81. The Morgan fingerprint density at radius 2 is 2.24 bits per heavy atom. The van der Waals surface area contributed by atoms with Crippen LogP contribution in [-0.4, -0.2) is 23.9 Å². The molecular weight excluding hydrogens is 230 g/mol. The Morgan fingerprint density at radius 3 is 2.82 bits per heavy atom. The molecular formula is C14H21NOS. The largest absolute Gasteiger partial charge is 0.339 e. The van der Waals surface area contributed by atoms with Crippen LogP contribution in [-0.2, 0) is 0 Å². The molecule has 0 N–H and O–H groups in total. The first-order valence-electron chi connectivity index (χ1n) is 6.62. The van der Waals surface area contributed by atoms with Crippen LogP contribution in [0.4, 0.5) is 0 Å². The molecule has 2 heterocycles. The van der Waals surface area contributed by atoms with Crippen molar-refractivity contribution in [1.29, 1.82) is 0 Å². The van der Waals surface area contributed by atoms with E-state index in [1.807, 2.05) is 21.7 Å². The highest BCUT2D eigenvalue weighted by molar-refractivity contribution is 7.08. The lowest BCUT2D eigenvalue weighted by molar-refractivity contribution is 0.0686. The standard InChI is InChI=1S/C14H21NOS/c1-2-3-4-12-5-8-15(9-6-12)14(16)13-7-10-17-11-13/h7,10-12H,2-6,8-9H2,1H3. The molecule has 0 unspecified atom stereocenters. The van der Waals surface area contributed by atoms with Crippen molar-refractivity contribution in [2.24, 2.45) is 5.92 Å². The Hall–Kier alpha value is -0.830. The summed E-state index contributed by atoms with van der Waals surface area (Å²) in [5.74, 6) is 1.07. The van der Waals surface area contributed by atoms with Crippen LogP contribution in [0.2, 0.25) is 0 Å². The zero-order valence-electron chi connectivity index (χ0n) is 10.5. The van der Waals surface area contributed by atoms with Gasteiger partial charge >= 0.3 is 0 Å². The maximum Gasteiger partial charge on any atom is 0.254 e. The number of likely N-dealkylation sites (tertiary alicyclic amines) is 1. The number of unbranched alkanes of at least 4 members (excludes halogenated alkanes) is 1. The molecule has 0 radical (unpaired) electrons. The van der Waals surface area contributed by atoms with Gasteiger partial charge in [0, 0.05) is 18.5 Å². The van der Waals surface area contributed by atoms with E-state index in [4.69, 9.17) is 0 Å². The van der Waals surface area contributed by atoms with Gasteiger partial charge < -0.3 is 4.90 Å². The summed E-state index contributed by atoms with van der Waals surface area (Å²) in [6.45, 7) is 4.14. The van der Waals surface area contributed by atoms with Crippen molar-refractivity contribution >= 4 is 17.2 Å². The highest BCUT2D eigenvalue weighted by Crippen LogP contribution is 2.23. The van der Waals surface area contributed by atoms with E-state index in [2.05, 4.69) is 6.92 Å². The van der Waals surface area contributed by atoms with Gasteiger partial charge in [0.2, 0.25) is 0 Å². The lowest BCUT2D eigenvalue weighted by atomic mass is 9.91. The van der Waals surface area contributed by atoms with Gasteiger partial charge in [-0.25, -0.2) is 0 Å². The Morgan fingerprint density at radius 1 is 1.47 bits per heavy atom. The first kappa shape index (κ1) is 12.6. The summed E-state index contributed by atoms with van der Waals surface area (Å²) in [4.78, 5) is 14.1. The quantitative estimate of drug-likeness (QED) is 0.797. The van der Waals surface area contributed by atoms with E-state index in [1.165, 1.54) is 32.1 Å². The maximum atomic E-state index is 12.1. The SMILES string of the molecule is CCCCC1CCN(C(=O)c2ccsc2)CC1. The zero-order valence-corrected chi connectivity index (χ0v) is 11.3. The summed E-state index contributed by atoms with van der Waals surface area (Å²) in [6.07, 6.45) is 6.35. The van der Waals surface area contributed by atoms with E-state index in [-0.39, 0.29) is 5.91 Å². The summed E-state index contributed by atoms with van der Waals surface area (Å²) in [6, 6.07) is 1.93. The minimum absolute atomic E-state index is 0.222. The summed E-state index contributed by atoms with van der Waals surface area (Å²) < 4.78 is 0. The van der Waals surface area contributed by atoms with E-state index in [9.17, 15) is 4.79 Å². The average molecular weight is 251 g/mol. The van der Waals surface area contributed by atoms with E-state index in [1.54, 1.807) is 11.3 Å². The second-order valence-electron chi connectivity index (χ2n) is 4.89. The number of hydrogen-bond acceptors (Lipinski definition) is 2. The molecule has 1 aromatic rings. The van der Waals surface area contributed by atoms with Crippen molar-refractivity contribution < 1.29 is 4.79 Å². The average Bonchev–Trinajstić information content (AvgIpc) is 2.90. The molecule has 2 rings (SSSR count). The molecule has 2 nitrogen and oxygen atoms in total. The maximum absolute atomic E-state index is 12.1. The van der Waals surface area contributed by atoms with Gasteiger partial charge in [-0.1, -0.05) is 26.2 Å². The molecule has 0 bridgehead atoms. The van der Waals surface area contributed by atoms with Crippen LogP contribution in [0.3, 0.4) is 0 Å². The summed E-state index contributed by atoms with van der Waals surface area (Å²) in [5.41, 5.74) is 0.863. The van der Waals surface area contributed by atoms with Crippen LogP contribution >= 0.6 is 11.3 Å². The molecule has 1 aliphatic heterocycles. The lowest BCUT2D eigenvalue weighted by Crippen LogP contribution is -2.38. The molecule has 0 aliphatic carbocycles. The number of nitrogens with zero attached hydrogens (tertiary/aromatic N) is 1. The van der Waals surface area contributed by atoms with Gasteiger partial charge in [-0.05, 0) is 30.2 Å². The van der Waals surface area contributed by atoms with Gasteiger partial charge in [-0.2, -0.15) is 11.3 Å². The van der Waals surface area contributed by atoms with E-state index < -0.39 is 0 Å². The summed E-state index contributed by atoms with van der Waals surface area (Å²) >= 11 is 1.60. The van der Waals surface area contributed by atoms with Crippen LogP contribution < -0.4 is 0 Å². The van der Waals surface area contributed by atoms with Crippen molar-refractivity contribution in [3.05, 3.63) is 22.4 Å². The predicted molar refractivity (Wildman–Crippen MR) is 72.5 cm³/mol. The fourth-order valence-corrected chi connectivity index (χ4v) is 3.12. The van der Waals surface area contributed by atoms with Crippen molar-refractivity contribution in [1.82, 2.24) is 4.90 Å². The third-order valence-corrected chi connectivity index (χ3v) is 4.32. The smallest absolute Gasteiger partial charge is 0.254 e. The molecule has 1 fully saturated rings. The molecule has 0 saturated carbocycles. The van der Waals surface area contributed by atoms with Crippen LogP contribution in [0, 0.1) is 5.92 Å². The monoisotopic (exact) mass is 251 g/mol. The third kappa shape index (κ3) is 3.32. The number of amides is 1. The molecule has 0 atom stereocenters. The van der Waals surface area contributed by atoms with E-state index >= 15 is 0 Å². The molecule has 1 aromatic heterocycles. The Labute approximate surface area is 108 Å². The van der Waals surface area contributed by atoms with E-state index in [0.29, 0.717) is 0 Å². The molecule has 1 saturated heterocycles. The zero-order chi connectivity index (χ0) is 12.1. The fraction of sp³-hybridized carbons (Fsp3) is 0.643. The second kappa shape index (κ2) is 6.20. The Kier molecular flexibility index (Phi) is 4.60. The van der Waals surface area contributed by atoms with Gasteiger partial charge in [0.05, 0.1) is 5.56 Å². The molecule has 3 heteroatoms. The summed E-state index contributed by atoms with van der Waals surface area (Å²) in [7, 11) is 0. The first-order chi connectivity index (χ1) is 8.31. The minimum Gasteiger partial charge on any atom is -0.339 e. The van der Waals surface area contributed by atoms with Gasteiger partial charge in [0.15, 0.2) is 0 Å². The highest BCUT2D eigenvalue weighted by atomic mass is 32.1. The molecule has 0 spiro atoms. The molecule has 0 aromatic carbocycles. The minimum atomic E-state index is 0.222. The molecule has 17 heavy (non-hydrogen) atoms. The van der Waals surface area contributed by atoms with Crippen molar-refractivity contribution in [2.45, 2.75) is 39.0 Å². The van der Waals surface area contributed by atoms with Gasteiger partial charge in [0.25, 0.3) is 5.91 Å². The first-order valence-corrected chi connectivity index (χ1v) is 7.57. The second-order valence-corrected chi connectivity index (χ2v) is 5.67. The van der Waals surface area contributed by atoms with Crippen molar-refractivity contribution in [2.75, 3.05) is 13.1 Å². The fourth-order valence-electron chi connectivity index (χ4n) is 2.49. The number of thiophene rings is 1. The Bertz CT molecular complexity index is 339. The van der Waals surface area contributed by atoms with Crippen LogP contribution in [0.25, 0.3) is 0 Å². The molecule has 94 valence electrons. The van der Waals surface area contributed by atoms with Crippen molar-refractivity contribution in [3.8, 4) is 0 Å². The highest BCUT2D eigenvalue weighted by Gasteiger charge is 2.23. The summed E-state index contributed by atoms with van der Waals surface area (Å²) in [5, 5.41) is 3.92. The van der Waals surface area contributed by atoms with Crippen LogP contribution in [0.15, 0.2) is 16.8 Å². The number of carbonyl (C=O) groups excluding carboxylic acids is 1.